The van der Waals surface area contributed by atoms with E-state index in [1.54, 1.807) is 0 Å². The first-order valence-corrected chi connectivity index (χ1v) is 10.5. The molecule has 6 nitrogen and oxygen atoms in total. The van der Waals surface area contributed by atoms with Crippen molar-refractivity contribution in [1.82, 2.24) is 10.2 Å². The molecule has 0 fully saturated rings. The van der Waals surface area contributed by atoms with Crippen molar-refractivity contribution in [2.45, 2.75) is 45.7 Å². The number of hydrogen-bond acceptors (Lipinski definition) is 4. The fourth-order valence-corrected chi connectivity index (χ4v) is 3.73. The minimum absolute atomic E-state index is 0.00561. The lowest BCUT2D eigenvalue weighted by molar-refractivity contribution is -0.136. The smallest absolute Gasteiger partial charge is 0.307 e. The Morgan fingerprint density at radius 3 is 2.77 bits per heavy atom. The SMILES string of the molecule is Cc1cccc(CN2CC(=O)NCCCCCOc3ccc(CC(=O)O)cc3C2)c1. The van der Waals surface area contributed by atoms with Crippen LogP contribution in [0.25, 0.3) is 0 Å². The molecule has 0 spiro atoms. The molecule has 30 heavy (non-hydrogen) atoms. The Morgan fingerprint density at radius 2 is 1.97 bits per heavy atom. The van der Waals surface area contributed by atoms with E-state index >= 15 is 0 Å². The first-order chi connectivity index (χ1) is 14.5. The Labute approximate surface area is 177 Å². The fourth-order valence-electron chi connectivity index (χ4n) is 3.73. The van der Waals surface area contributed by atoms with Gasteiger partial charge in [-0.25, -0.2) is 0 Å². The van der Waals surface area contributed by atoms with E-state index in [9.17, 15) is 9.59 Å². The molecular formula is C24H30N2O4. The van der Waals surface area contributed by atoms with E-state index in [0.717, 1.165) is 41.7 Å². The van der Waals surface area contributed by atoms with E-state index in [-0.39, 0.29) is 18.9 Å². The third kappa shape index (κ3) is 6.88. The van der Waals surface area contributed by atoms with Crippen LogP contribution in [-0.4, -0.2) is 41.6 Å². The largest absolute Gasteiger partial charge is 0.493 e. The minimum atomic E-state index is -0.864. The Kier molecular flexibility index (Phi) is 7.85. The predicted molar refractivity (Wildman–Crippen MR) is 115 cm³/mol. The first-order valence-electron chi connectivity index (χ1n) is 10.5. The third-order valence-corrected chi connectivity index (χ3v) is 5.13. The molecular weight excluding hydrogens is 380 g/mol. The van der Waals surface area contributed by atoms with Gasteiger partial charge in [-0.1, -0.05) is 42.0 Å². The summed E-state index contributed by atoms with van der Waals surface area (Å²) in [5.41, 5.74) is 3.95. The number of amides is 1. The van der Waals surface area contributed by atoms with Gasteiger partial charge in [-0.15, -0.1) is 0 Å². The van der Waals surface area contributed by atoms with Crippen LogP contribution < -0.4 is 10.1 Å². The summed E-state index contributed by atoms with van der Waals surface area (Å²) < 4.78 is 6.03. The lowest BCUT2D eigenvalue weighted by atomic mass is 10.1. The van der Waals surface area contributed by atoms with E-state index in [2.05, 4.69) is 35.3 Å². The summed E-state index contributed by atoms with van der Waals surface area (Å²) in [6.07, 6.45) is 2.79. The van der Waals surface area contributed by atoms with Gasteiger partial charge in [0.1, 0.15) is 5.75 Å². The van der Waals surface area contributed by atoms with E-state index in [0.29, 0.717) is 26.2 Å². The molecule has 3 rings (SSSR count). The molecule has 1 aliphatic heterocycles. The van der Waals surface area contributed by atoms with Gasteiger partial charge < -0.3 is 15.2 Å². The number of carboxylic acid groups (broad SMARTS) is 1. The van der Waals surface area contributed by atoms with Crippen molar-refractivity contribution >= 4 is 11.9 Å². The van der Waals surface area contributed by atoms with Crippen LogP contribution >= 0.6 is 0 Å². The van der Waals surface area contributed by atoms with Crippen molar-refractivity contribution in [3.05, 3.63) is 64.7 Å². The minimum Gasteiger partial charge on any atom is -0.493 e. The molecule has 2 aromatic carbocycles. The number of carbonyl (C=O) groups is 2. The van der Waals surface area contributed by atoms with E-state index in [1.807, 2.05) is 24.3 Å². The first kappa shape index (κ1) is 21.8. The number of carboxylic acids is 1. The second-order valence-electron chi connectivity index (χ2n) is 7.91. The summed E-state index contributed by atoms with van der Waals surface area (Å²) in [5.74, 6) is -0.0967. The highest BCUT2D eigenvalue weighted by molar-refractivity contribution is 5.78. The summed E-state index contributed by atoms with van der Waals surface area (Å²) in [6, 6.07) is 13.8. The van der Waals surface area contributed by atoms with Crippen molar-refractivity contribution in [3.63, 3.8) is 0 Å². The Hall–Kier alpha value is -2.86. The van der Waals surface area contributed by atoms with Crippen LogP contribution in [0, 0.1) is 6.92 Å². The number of carbonyl (C=O) groups excluding carboxylic acids is 1. The van der Waals surface area contributed by atoms with Crippen molar-refractivity contribution in [3.8, 4) is 5.75 Å². The molecule has 1 amide bonds. The van der Waals surface area contributed by atoms with Gasteiger partial charge in [0.2, 0.25) is 5.91 Å². The van der Waals surface area contributed by atoms with E-state index in [4.69, 9.17) is 9.84 Å². The molecule has 2 N–H and O–H groups in total. The van der Waals surface area contributed by atoms with Crippen LogP contribution in [0.5, 0.6) is 5.75 Å². The Morgan fingerprint density at radius 1 is 1.10 bits per heavy atom. The van der Waals surface area contributed by atoms with Gasteiger partial charge in [0, 0.05) is 25.2 Å². The summed E-state index contributed by atoms with van der Waals surface area (Å²) >= 11 is 0. The second kappa shape index (κ2) is 10.8. The predicted octanol–water partition coefficient (Wildman–Crippen LogP) is 3.30. The van der Waals surface area contributed by atoms with Crippen LogP contribution in [0.2, 0.25) is 0 Å². The number of rotatable bonds is 4. The summed E-state index contributed by atoms with van der Waals surface area (Å²) in [4.78, 5) is 25.8. The molecule has 0 aromatic heterocycles. The zero-order valence-electron chi connectivity index (χ0n) is 17.5. The highest BCUT2D eigenvalue weighted by atomic mass is 16.5. The van der Waals surface area contributed by atoms with Gasteiger partial charge in [-0.05, 0) is 43.4 Å². The number of fused-ring (bicyclic) bond motifs is 1. The third-order valence-electron chi connectivity index (χ3n) is 5.13. The number of aliphatic carboxylic acids is 1. The van der Waals surface area contributed by atoms with Crippen molar-refractivity contribution in [1.29, 1.82) is 0 Å². The maximum Gasteiger partial charge on any atom is 0.307 e. The average molecular weight is 411 g/mol. The Bertz CT molecular complexity index is 881. The monoisotopic (exact) mass is 410 g/mol. The lowest BCUT2D eigenvalue weighted by Crippen LogP contribution is -2.37. The molecule has 0 saturated heterocycles. The van der Waals surface area contributed by atoms with Crippen molar-refractivity contribution < 1.29 is 19.4 Å². The molecule has 0 aliphatic carbocycles. The summed E-state index contributed by atoms with van der Waals surface area (Å²) in [5, 5.41) is 12.2. The quantitative estimate of drug-likeness (QED) is 0.809. The molecule has 1 aliphatic rings. The van der Waals surface area contributed by atoms with Crippen LogP contribution in [0.3, 0.4) is 0 Å². The zero-order chi connectivity index (χ0) is 21.3. The number of hydrogen-bond donors (Lipinski definition) is 2. The van der Waals surface area contributed by atoms with Crippen LogP contribution in [0.15, 0.2) is 42.5 Å². The fraction of sp³-hybridized carbons (Fsp3) is 0.417. The molecule has 0 radical (unpaired) electrons. The number of ether oxygens (including phenoxy) is 1. The molecule has 160 valence electrons. The van der Waals surface area contributed by atoms with Crippen molar-refractivity contribution in [2.24, 2.45) is 0 Å². The van der Waals surface area contributed by atoms with Gasteiger partial charge >= 0.3 is 5.97 Å². The summed E-state index contributed by atoms with van der Waals surface area (Å²) in [6.45, 7) is 4.74. The molecule has 6 heteroatoms. The van der Waals surface area contributed by atoms with Gasteiger partial charge in [0.15, 0.2) is 0 Å². The number of benzene rings is 2. The molecule has 0 saturated carbocycles. The van der Waals surface area contributed by atoms with Crippen LogP contribution in [-0.2, 0) is 29.1 Å². The van der Waals surface area contributed by atoms with Gasteiger partial charge in [0.25, 0.3) is 0 Å². The standard InChI is InChI=1S/C24H30N2O4/c1-18-6-5-7-20(12-18)15-26-16-21-13-19(14-24(28)29)8-9-22(21)30-11-4-2-3-10-25-23(27)17-26/h5-9,12-13H,2-4,10-11,14-17H2,1H3,(H,25,27)(H,28,29). The molecule has 0 unspecified atom stereocenters. The van der Waals surface area contributed by atoms with Gasteiger partial charge in [0.05, 0.1) is 19.6 Å². The van der Waals surface area contributed by atoms with Gasteiger partial charge in [-0.3, -0.25) is 14.5 Å². The topological polar surface area (TPSA) is 78.9 Å². The Balaban J connectivity index is 1.88. The zero-order valence-corrected chi connectivity index (χ0v) is 17.5. The lowest BCUT2D eigenvalue weighted by Gasteiger charge is -2.24. The molecule has 2 aromatic rings. The van der Waals surface area contributed by atoms with Crippen LogP contribution in [0.1, 0.15) is 41.5 Å². The van der Waals surface area contributed by atoms with Gasteiger partial charge in [-0.2, -0.15) is 0 Å². The number of nitrogens with one attached hydrogen (secondary N) is 1. The van der Waals surface area contributed by atoms with E-state index < -0.39 is 5.97 Å². The second-order valence-corrected chi connectivity index (χ2v) is 7.91. The number of nitrogens with zero attached hydrogens (tertiary/aromatic N) is 1. The summed E-state index contributed by atoms with van der Waals surface area (Å²) in [7, 11) is 0. The normalized spacial score (nSPS) is 16.2. The molecule has 1 heterocycles. The van der Waals surface area contributed by atoms with Crippen molar-refractivity contribution in [2.75, 3.05) is 19.7 Å². The number of aryl methyl sites for hydroxylation is 1. The average Bonchev–Trinajstić information content (AvgIpc) is 2.69. The highest BCUT2D eigenvalue weighted by Crippen LogP contribution is 2.24. The highest BCUT2D eigenvalue weighted by Gasteiger charge is 2.16. The van der Waals surface area contributed by atoms with Crippen LogP contribution in [0.4, 0.5) is 0 Å². The van der Waals surface area contributed by atoms with E-state index in [1.165, 1.54) is 5.56 Å². The molecule has 0 atom stereocenters. The molecule has 0 bridgehead atoms. The maximum absolute atomic E-state index is 12.5. The maximum atomic E-state index is 12.5.